The summed E-state index contributed by atoms with van der Waals surface area (Å²) in [6, 6.07) is 14.2. The van der Waals surface area contributed by atoms with Crippen LogP contribution in [0.4, 0.5) is 5.82 Å². The summed E-state index contributed by atoms with van der Waals surface area (Å²) in [6.45, 7) is 0. The minimum atomic E-state index is 0.494. The molecule has 3 nitrogen and oxygen atoms in total. The third-order valence-electron chi connectivity index (χ3n) is 3.11. The highest BCUT2D eigenvalue weighted by atomic mass is 127. The molecule has 0 bridgehead atoms. The predicted molar refractivity (Wildman–Crippen MR) is 102 cm³/mol. The summed E-state index contributed by atoms with van der Waals surface area (Å²) in [5.41, 5.74) is 9.97. The molecule has 0 atom stereocenters. The number of rotatable bonds is 2. The van der Waals surface area contributed by atoms with Crippen molar-refractivity contribution in [3.05, 3.63) is 55.0 Å². The molecule has 1 aromatic heterocycles. The fourth-order valence-electron chi connectivity index (χ4n) is 2.18. The first kappa shape index (κ1) is 15.1. The van der Waals surface area contributed by atoms with Crippen molar-refractivity contribution in [1.29, 1.82) is 0 Å². The molecule has 0 aliphatic rings. The summed E-state index contributed by atoms with van der Waals surface area (Å²) in [4.78, 5) is 0. The van der Waals surface area contributed by atoms with E-state index >= 15 is 0 Å². The Bertz CT molecular complexity index is 814. The van der Waals surface area contributed by atoms with E-state index in [4.69, 9.17) is 5.73 Å². The normalized spacial score (nSPS) is 10.8. The Balaban J connectivity index is 2.24. The molecule has 21 heavy (non-hydrogen) atoms. The van der Waals surface area contributed by atoms with Gasteiger partial charge < -0.3 is 5.73 Å². The lowest BCUT2D eigenvalue weighted by atomic mass is 10.0. The summed E-state index contributed by atoms with van der Waals surface area (Å²) >= 11 is 9.39. The number of nitrogens with one attached hydrogen (secondary N) is 1. The van der Waals surface area contributed by atoms with Gasteiger partial charge in [0, 0.05) is 18.1 Å². The van der Waals surface area contributed by atoms with Crippen molar-refractivity contribution < 1.29 is 0 Å². The second-order valence-corrected chi connectivity index (χ2v) is 7.51. The van der Waals surface area contributed by atoms with E-state index in [-0.39, 0.29) is 0 Å². The molecule has 1 heterocycles. The highest BCUT2D eigenvalue weighted by Gasteiger charge is 2.17. The van der Waals surface area contributed by atoms with Crippen molar-refractivity contribution in [2.45, 2.75) is 0 Å². The lowest BCUT2D eigenvalue weighted by Gasteiger charge is -2.08. The van der Waals surface area contributed by atoms with Gasteiger partial charge in [-0.05, 0) is 58.5 Å². The Kier molecular flexibility index (Phi) is 4.37. The first-order valence-electron chi connectivity index (χ1n) is 6.11. The number of anilines is 1. The molecule has 0 saturated carbocycles. The van der Waals surface area contributed by atoms with Crippen molar-refractivity contribution in [3.8, 4) is 22.4 Å². The van der Waals surface area contributed by atoms with Gasteiger partial charge in [-0.25, -0.2) is 0 Å². The largest absolute Gasteiger partial charge is 0.382 e. The van der Waals surface area contributed by atoms with Crippen LogP contribution in [0.15, 0.2) is 51.4 Å². The number of aromatic nitrogens is 2. The molecular formula is C15H10Br2IN3. The summed E-state index contributed by atoms with van der Waals surface area (Å²) in [5, 5.41) is 7.24. The number of nitrogen functional groups attached to an aromatic ring is 1. The zero-order valence-electron chi connectivity index (χ0n) is 10.7. The second-order valence-electron chi connectivity index (χ2n) is 4.49. The minimum absolute atomic E-state index is 0.494. The van der Waals surface area contributed by atoms with Crippen molar-refractivity contribution in [2.24, 2.45) is 0 Å². The van der Waals surface area contributed by atoms with Gasteiger partial charge in [-0.15, -0.1) is 0 Å². The Hall–Kier alpha value is -0.860. The van der Waals surface area contributed by atoms with Gasteiger partial charge in [0.25, 0.3) is 0 Å². The van der Waals surface area contributed by atoms with Gasteiger partial charge in [0.05, 0.1) is 11.3 Å². The molecule has 0 radical (unpaired) electrons. The van der Waals surface area contributed by atoms with E-state index in [2.05, 4.69) is 70.7 Å². The maximum atomic E-state index is 6.07. The van der Waals surface area contributed by atoms with Crippen LogP contribution in [-0.4, -0.2) is 10.2 Å². The first-order chi connectivity index (χ1) is 10.1. The van der Waals surface area contributed by atoms with Crippen LogP contribution in [-0.2, 0) is 0 Å². The second kappa shape index (κ2) is 6.10. The molecular weight excluding hydrogens is 509 g/mol. The Morgan fingerprint density at radius 3 is 2.67 bits per heavy atom. The predicted octanol–water partition coefficient (Wildman–Crippen LogP) is 5.46. The molecule has 3 aromatic rings. The monoisotopic (exact) mass is 517 g/mol. The fraction of sp³-hybridized carbons (Fsp3) is 0. The topological polar surface area (TPSA) is 54.7 Å². The molecule has 6 heteroatoms. The highest BCUT2D eigenvalue weighted by Crippen LogP contribution is 2.39. The maximum absolute atomic E-state index is 6.07. The van der Waals surface area contributed by atoms with E-state index in [9.17, 15) is 0 Å². The molecule has 0 aliphatic heterocycles. The first-order valence-corrected chi connectivity index (χ1v) is 8.78. The summed E-state index contributed by atoms with van der Waals surface area (Å²) in [6.07, 6.45) is 0. The minimum Gasteiger partial charge on any atom is -0.382 e. The maximum Gasteiger partial charge on any atom is 0.153 e. The summed E-state index contributed by atoms with van der Waals surface area (Å²) < 4.78 is 3.16. The number of nitrogens with two attached hydrogens (primary N) is 1. The van der Waals surface area contributed by atoms with Crippen molar-refractivity contribution in [2.75, 3.05) is 5.73 Å². The van der Waals surface area contributed by atoms with Gasteiger partial charge >= 0.3 is 0 Å². The zero-order valence-corrected chi connectivity index (χ0v) is 16.0. The number of halogens is 3. The molecule has 0 unspecified atom stereocenters. The lowest BCUT2D eigenvalue weighted by molar-refractivity contribution is 1.10. The van der Waals surface area contributed by atoms with Crippen molar-refractivity contribution in [3.63, 3.8) is 0 Å². The Morgan fingerprint density at radius 1 is 1.10 bits per heavy atom. The summed E-state index contributed by atoms with van der Waals surface area (Å²) in [7, 11) is 0. The third kappa shape index (κ3) is 3.02. The van der Waals surface area contributed by atoms with Crippen molar-refractivity contribution in [1.82, 2.24) is 10.2 Å². The van der Waals surface area contributed by atoms with E-state index < -0.39 is 0 Å². The molecule has 0 amide bonds. The Morgan fingerprint density at radius 2 is 1.90 bits per heavy atom. The van der Waals surface area contributed by atoms with Crippen molar-refractivity contribution >= 4 is 60.3 Å². The van der Waals surface area contributed by atoms with Crippen LogP contribution >= 0.6 is 54.5 Å². The average molecular weight is 519 g/mol. The van der Waals surface area contributed by atoms with E-state index in [1.54, 1.807) is 0 Å². The average Bonchev–Trinajstić information content (AvgIpc) is 2.83. The lowest BCUT2D eigenvalue weighted by Crippen LogP contribution is -1.89. The highest BCUT2D eigenvalue weighted by molar-refractivity contribution is 14.1. The SMILES string of the molecule is Nc1n[nH]c(-c2cc(I)ccc2Br)c1-c1cccc(Br)c1. The number of hydrogen-bond donors (Lipinski definition) is 2. The van der Waals surface area contributed by atoms with Crippen LogP contribution in [0.3, 0.4) is 0 Å². The van der Waals surface area contributed by atoms with Crippen LogP contribution < -0.4 is 5.73 Å². The van der Waals surface area contributed by atoms with Crippen LogP contribution in [0, 0.1) is 3.57 Å². The molecule has 0 saturated heterocycles. The zero-order chi connectivity index (χ0) is 15.0. The number of nitrogens with zero attached hydrogens (tertiary/aromatic N) is 1. The van der Waals surface area contributed by atoms with Gasteiger partial charge in [0.1, 0.15) is 0 Å². The van der Waals surface area contributed by atoms with E-state index in [0.29, 0.717) is 5.82 Å². The smallest absolute Gasteiger partial charge is 0.153 e. The molecule has 0 fully saturated rings. The number of benzene rings is 2. The van der Waals surface area contributed by atoms with E-state index in [0.717, 1.165) is 34.9 Å². The van der Waals surface area contributed by atoms with Gasteiger partial charge in [-0.2, -0.15) is 5.10 Å². The number of H-pyrrole nitrogens is 1. The number of hydrogen-bond acceptors (Lipinski definition) is 2. The third-order valence-corrected chi connectivity index (χ3v) is 4.96. The quantitative estimate of drug-likeness (QED) is 0.443. The van der Waals surface area contributed by atoms with Gasteiger partial charge in [-0.3, -0.25) is 5.10 Å². The van der Waals surface area contributed by atoms with Crippen LogP contribution in [0.5, 0.6) is 0 Å². The molecule has 106 valence electrons. The number of aromatic amines is 1. The standard InChI is InChI=1S/C15H10Br2IN3/c16-9-3-1-2-8(6-9)13-14(20-21-15(13)19)11-7-10(18)4-5-12(11)17/h1-7H,(H3,19,20,21). The van der Waals surface area contributed by atoms with Crippen LogP contribution in [0.2, 0.25) is 0 Å². The van der Waals surface area contributed by atoms with E-state index in [1.165, 1.54) is 0 Å². The van der Waals surface area contributed by atoms with Gasteiger partial charge in [-0.1, -0.05) is 44.0 Å². The molecule has 2 aromatic carbocycles. The molecule has 3 N–H and O–H groups in total. The van der Waals surface area contributed by atoms with Gasteiger partial charge in [0.2, 0.25) is 0 Å². The summed E-state index contributed by atoms with van der Waals surface area (Å²) in [5.74, 6) is 0.494. The molecule has 0 aliphatic carbocycles. The van der Waals surface area contributed by atoms with Crippen LogP contribution in [0.25, 0.3) is 22.4 Å². The van der Waals surface area contributed by atoms with Gasteiger partial charge in [0.15, 0.2) is 5.82 Å². The Labute approximate surface area is 152 Å². The van der Waals surface area contributed by atoms with Crippen LogP contribution in [0.1, 0.15) is 0 Å². The fourth-order valence-corrected chi connectivity index (χ4v) is 3.51. The molecule has 0 spiro atoms. The van der Waals surface area contributed by atoms with E-state index in [1.807, 2.05) is 36.4 Å². The molecule has 3 rings (SSSR count).